The van der Waals surface area contributed by atoms with E-state index in [1.165, 1.54) is 7.11 Å². The molecule has 2 aliphatic rings. The number of hydrogen-bond acceptors (Lipinski definition) is 8. The van der Waals surface area contributed by atoms with Crippen LogP contribution in [0.5, 0.6) is 0 Å². The summed E-state index contributed by atoms with van der Waals surface area (Å²) < 4.78 is 42.0. The van der Waals surface area contributed by atoms with Crippen molar-refractivity contribution in [2.45, 2.75) is 62.8 Å². The zero-order valence-electron chi connectivity index (χ0n) is 17.7. The molecular formula is C19H28N6O4S. The lowest BCUT2D eigenvalue weighted by molar-refractivity contribution is 0.0985. The van der Waals surface area contributed by atoms with Gasteiger partial charge in [-0.2, -0.15) is 0 Å². The van der Waals surface area contributed by atoms with E-state index in [4.69, 9.17) is 9.47 Å². The fourth-order valence-electron chi connectivity index (χ4n) is 3.79. The van der Waals surface area contributed by atoms with Crippen LogP contribution in [-0.2, 0) is 25.0 Å². The number of nitrogens with zero attached hydrogens (tertiary/aromatic N) is 5. The first kappa shape index (κ1) is 21.1. The van der Waals surface area contributed by atoms with Crippen LogP contribution in [0, 0.1) is 6.92 Å². The van der Waals surface area contributed by atoms with E-state index in [0.29, 0.717) is 18.9 Å². The molecule has 4 rings (SSSR count). The molecule has 1 aliphatic carbocycles. The van der Waals surface area contributed by atoms with Gasteiger partial charge in [-0.15, -0.1) is 10.2 Å². The van der Waals surface area contributed by atoms with E-state index >= 15 is 0 Å². The number of rotatable bonds is 8. The van der Waals surface area contributed by atoms with Gasteiger partial charge in [0, 0.05) is 31.4 Å². The van der Waals surface area contributed by atoms with Crippen LogP contribution in [0.25, 0.3) is 0 Å². The van der Waals surface area contributed by atoms with Gasteiger partial charge in [0.15, 0.2) is 0 Å². The lowest BCUT2D eigenvalue weighted by atomic mass is 10.1. The summed E-state index contributed by atoms with van der Waals surface area (Å²) in [7, 11) is -2.38. The van der Waals surface area contributed by atoms with Crippen molar-refractivity contribution in [2.24, 2.45) is 0 Å². The van der Waals surface area contributed by atoms with E-state index in [1.807, 2.05) is 11.5 Å². The number of anilines is 1. The molecule has 164 valence electrons. The van der Waals surface area contributed by atoms with Crippen LogP contribution in [0.1, 0.15) is 62.3 Å². The standard InChI is InChI=1S/C19H28N6O4S/c1-12-9-21-15(10-20-12)16(28-4)13(2)30(26,27)24-18-23-22-17(14-5-8-29-11-14)25(18)19(3)6-7-19/h9-10,13-14,16H,5-8,11H2,1-4H3,(H,23,24)/t13-,14+,16-/m0/s1. The minimum Gasteiger partial charge on any atom is -0.381 e. The molecule has 0 amide bonds. The van der Waals surface area contributed by atoms with Gasteiger partial charge in [0.25, 0.3) is 0 Å². The molecule has 0 spiro atoms. The summed E-state index contributed by atoms with van der Waals surface area (Å²) in [6, 6.07) is 0. The largest absolute Gasteiger partial charge is 0.381 e. The fraction of sp³-hybridized carbons (Fsp3) is 0.684. The number of methoxy groups -OCH3 is 1. The fourth-order valence-corrected chi connectivity index (χ4v) is 4.94. The minimum absolute atomic E-state index is 0.125. The van der Waals surface area contributed by atoms with Crippen molar-refractivity contribution in [3.8, 4) is 0 Å². The van der Waals surface area contributed by atoms with Crippen LogP contribution in [0.4, 0.5) is 5.95 Å². The summed E-state index contributed by atoms with van der Waals surface area (Å²) >= 11 is 0. The van der Waals surface area contributed by atoms with Crippen LogP contribution < -0.4 is 4.72 Å². The second-order valence-electron chi connectivity index (χ2n) is 8.37. The maximum Gasteiger partial charge on any atom is 0.240 e. The second-order valence-corrected chi connectivity index (χ2v) is 10.4. The number of aromatic nitrogens is 5. The summed E-state index contributed by atoms with van der Waals surface area (Å²) in [5, 5.41) is 7.61. The molecule has 1 N–H and O–H groups in total. The molecule has 3 heterocycles. The van der Waals surface area contributed by atoms with Gasteiger partial charge in [0.05, 0.1) is 24.2 Å². The van der Waals surface area contributed by atoms with Crippen molar-refractivity contribution in [1.82, 2.24) is 24.7 Å². The van der Waals surface area contributed by atoms with Gasteiger partial charge in [-0.1, -0.05) is 0 Å². The Morgan fingerprint density at radius 2 is 2.07 bits per heavy atom. The maximum absolute atomic E-state index is 13.2. The molecular weight excluding hydrogens is 408 g/mol. The third-order valence-electron chi connectivity index (χ3n) is 5.99. The van der Waals surface area contributed by atoms with Gasteiger partial charge in [-0.25, -0.2) is 8.42 Å². The number of nitrogens with one attached hydrogen (secondary N) is 1. The van der Waals surface area contributed by atoms with Crippen LogP contribution in [0.15, 0.2) is 12.4 Å². The minimum atomic E-state index is -3.85. The lowest BCUT2D eigenvalue weighted by Crippen LogP contribution is -2.34. The lowest BCUT2D eigenvalue weighted by Gasteiger charge is -2.24. The van der Waals surface area contributed by atoms with E-state index in [-0.39, 0.29) is 17.4 Å². The Morgan fingerprint density at radius 1 is 1.30 bits per heavy atom. The number of hydrogen-bond donors (Lipinski definition) is 1. The number of sulfonamides is 1. The Kier molecular flexibility index (Phi) is 5.54. The van der Waals surface area contributed by atoms with E-state index in [9.17, 15) is 8.42 Å². The molecule has 2 aromatic rings. The summed E-state index contributed by atoms with van der Waals surface area (Å²) in [4.78, 5) is 8.49. The zero-order chi connectivity index (χ0) is 21.5. The summed E-state index contributed by atoms with van der Waals surface area (Å²) in [6.07, 6.45) is 5.13. The van der Waals surface area contributed by atoms with E-state index in [2.05, 4.69) is 31.8 Å². The molecule has 0 radical (unpaired) electrons. The van der Waals surface area contributed by atoms with Crippen molar-refractivity contribution in [3.05, 3.63) is 29.6 Å². The molecule has 1 saturated heterocycles. The first-order valence-corrected chi connectivity index (χ1v) is 11.7. The van der Waals surface area contributed by atoms with Gasteiger partial charge < -0.3 is 9.47 Å². The van der Waals surface area contributed by atoms with Gasteiger partial charge in [-0.3, -0.25) is 19.3 Å². The Bertz CT molecular complexity index is 997. The quantitative estimate of drug-likeness (QED) is 0.666. The molecule has 30 heavy (non-hydrogen) atoms. The summed E-state index contributed by atoms with van der Waals surface area (Å²) in [5.74, 6) is 1.15. The molecule has 11 heteroatoms. The van der Waals surface area contributed by atoms with E-state index in [0.717, 1.165) is 30.8 Å². The molecule has 2 aromatic heterocycles. The molecule has 1 aliphatic heterocycles. The molecule has 3 atom stereocenters. The maximum atomic E-state index is 13.2. The highest BCUT2D eigenvalue weighted by Gasteiger charge is 2.45. The monoisotopic (exact) mass is 436 g/mol. The number of ether oxygens (including phenoxy) is 2. The normalized spacial score (nSPS) is 22.6. The Labute approximate surface area is 176 Å². The van der Waals surface area contributed by atoms with Crippen molar-refractivity contribution in [1.29, 1.82) is 0 Å². The first-order valence-electron chi connectivity index (χ1n) is 10.1. The second kappa shape index (κ2) is 7.86. The Morgan fingerprint density at radius 3 is 2.63 bits per heavy atom. The highest BCUT2D eigenvalue weighted by Crippen LogP contribution is 2.47. The van der Waals surface area contributed by atoms with Gasteiger partial charge in [-0.05, 0) is 40.0 Å². The Hall–Kier alpha value is -2.11. The first-order chi connectivity index (χ1) is 14.2. The van der Waals surface area contributed by atoms with Crippen molar-refractivity contribution in [2.75, 3.05) is 25.0 Å². The predicted molar refractivity (Wildman–Crippen MR) is 110 cm³/mol. The summed E-state index contributed by atoms with van der Waals surface area (Å²) in [5.41, 5.74) is 1.03. The highest BCUT2D eigenvalue weighted by molar-refractivity contribution is 7.93. The third-order valence-corrected chi connectivity index (χ3v) is 7.69. The smallest absolute Gasteiger partial charge is 0.240 e. The predicted octanol–water partition coefficient (Wildman–Crippen LogP) is 1.91. The van der Waals surface area contributed by atoms with Crippen LogP contribution >= 0.6 is 0 Å². The van der Waals surface area contributed by atoms with Crippen LogP contribution in [-0.4, -0.2) is 58.7 Å². The van der Waals surface area contributed by atoms with Crippen molar-refractivity contribution < 1.29 is 17.9 Å². The topological polar surface area (TPSA) is 121 Å². The van der Waals surface area contributed by atoms with Gasteiger partial charge in [0.2, 0.25) is 16.0 Å². The van der Waals surface area contributed by atoms with Gasteiger partial charge in [0.1, 0.15) is 17.2 Å². The average molecular weight is 437 g/mol. The molecule has 1 saturated carbocycles. The van der Waals surface area contributed by atoms with E-state index < -0.39 is 21.4 Å². The molecule has 10 nitrogen and oxygen atoms in total. The summed E-state index contributed by atoms with van der Waals surface area (Å²) in [6.45, 7) is 6.76. The van der Waals surface area contributed by atoms with Crippen LogP contribution in [0.3, 0.4) is 0 Å². The molecule has 2 fully saturated rings. The number of aryl methyl sites for hydroxylation is 1. The Balaban J connectivity index is 1.62. The van der Waals surface area contributed by atoms with Crippen LogP contribution in [0.2, 0.25) is 0 Å². The molecule has 0 aromatic carbocycles. The highest BCUT2D eigenvalue weighted by atomic mass is 32.2. The molecule has 0 bridgehead atoms. The SMILES string of the molecule is CO[C@H](c1cnc(C)cn1)[C@H](C)S(=O)(=O)Nc1nnc([C@@H]2CCOC2)n1C1(C)CC1. The van der Waals surface area contributed by atoms with Crippen molar-refractivity contribution in [3.63, 3.8) is 0 Å². The zero-order valence-corrected chi connectivity index (χ0v) is 18.5. The van der Waals surface area contributed by atoms with Crippen molar-refractivity contribution >= 4 is 16.0 Å². The van der Waals surface area contributed by atoms with Gasteiger partial charge >= 0.3 is 0 Å². The average Bonchev–Trinajstić information content (AvgIpc) is 3.12. The molecule has 0 unspecified atom stereocenters. The third kappa shape index (κ3) is 3.93. The van der Waals surface area contributed by atoms with E-state index in [1.54, 1.807) is 19.3 Å².